The molecule has 0 fully saturated rings. The molecule has 8 heteroatoms. The fourth-order valence-electron chi connectivity index (χ4n) is 2.69. The number of halogens is 1. The Labute approximate surface area is 177 Å². The molecule has 3 N–H and O–H groups in total. The van der Waals surface area contributed by atoms with E-state index >= 15 is 0 Å². The van der Waals surface area contributed by atoms with Crippen LogP contribution in [0.4, 0.5) is 5.69 Å². The van der Waals surface area contributed by atoms with Gasteiger partial charge < -0.3 is 5.32 Å². The molecule has 29 heavy (non-hydrogen) atoms. The van der Waals surface area contributed by atoms with Crippen LogP contribution in [-0.4, -0.2) is 17.7 Å². The van der Waals surface area contributed by atoms with E-state index in [1.807, 2.05) is 38.1 Å². The van der Waals surface area contributed by atoms with Crippen molar-refractivity contribution in [2.75, 3.05) is 5.32 Å². The highest BCUT2D eigenvalue weighted by atomic mass is 35.5. The van der Waals surface area contributed by atoms with Gasteiger partial charge in [0.15, 0.2) is 0 Å². The molecule has 0 saturated carbocycles. The molecule has 0 saturated heterocycles. The molecule has 3 aromatic rings. The summed E-state index contributed by atoms with van der Waals surface area (Å²) < 4.78 is 0.893. The van der Waals surface area contributed by atoms with Gasteiger partial charge in [-0.05, 0) is 36.2 Å². The summed E-state index contributed by atoms with van der Waals surface area (Å²) in [5, 5.41) is 3.93. The third-order valence-electron chi connectivity index (χ3n) is 4.06. The molecular formula is C21H20ClN3O3S. The molecule has 0 aliphatic rings. The molecule has 3 rings (SSSR count). The van der Waals surface area contributed by atoms with Crippen molar-refractivity contribution in [2.45, 2.75) is 20.3 Å². The van der Waals surface area contributed by atoms with Gasteiger partial charge in [-0.3, -0.25) is 25.2 Å². The van der Waals surface area contributed by atoms with Gasteiger partial charge in [0.1, 0.15) is 4.88 Å². The van der Waals surface area contributed by atoms with Gasteiger partial charge in [-0.2, -0.15) is 0 Å². The predicted octanol–water partition coefficient (Wildman–Crippen LogP) is 4.61. The van der Waals surface area contributed by atoms with Crippen LogP contribution >= 0.6 is 22.9 Å². The van der Waals surface area contributed by atoms with E-state index in [2.05, 4.69) is 16.2 Å². The molecule has 1 heterocycles. The lowest BCUT2D eigenvalue weighted by atomic mass is 10.1. The van der Waals surface area contributed by atoms with Crippen molar-refractivity contribution in [1.29, 1.82) is 0 Å². The van der Waals surface area contributed by atoms with E-state index < -0.39 is 11.8 Å². The number of rotatable bonds is 5. The second kappa shape index (κ2) is 9.07. The first-order valence-electron chi connectivity index (χ1n) is 9.02. The summed E-state index contributed by atoms with van der Waals surface area (Å²) in [7, 11) is 0. The molecule has 0 aliphatic heterocycles. The van der Waals surface area contributed by atoms with Gasteiger partial charge >= 0.3 is 0 Å². The summed E-state index contributed by atoms with van der Waals surface area (Å²) in [6.07, 6.45) is 0.425. The van der Waals surface area contributed by atoms with Gasteiger partial charge in [0, 0.05) is 27.8 Å². The topological polar surface area (TPSA) is 87.3 Å². The molecule has 0 radical (unpaired) electrons. The number of hydrogen-bond acceptors (Lipinski definition) is 4. The van der Waals surface area contributed by atoms with Crippen LogP contribution in [0.2, 0.25) is 5.02 Å². The number of amides is 3. The van der Waals surface area contributed by atoms with Crippen molar-refractivity contribution in [3.05, 3.63) is 64.0 Å². The standard InChI is InChI=1S/C21H20ClN3O3S/c1-12(2)11-17(26)23-14-9-7-13(8-10-14)20(27)24-25-21(28)19-18(22)15-5-3-4-6-16(15)29-19/h3-10,12H,11H2,1-2H3,(H,23,26)(H,24,27)(H,25,28). The van der Waals surface area contributed by atoms with Gasteiger partial charge in [-0.25, -0.2) is 0 Å². The molecule has 1 aromatic heterocycles. The Morgan fingerprint density at radius 2 is 1.62 bits per heavy atom. The zero-order chi connectivity index (χ0) is 21.0. The summed E-state index contributed by atoms with van der Waals surface area (Å²) in [6.45, 7) is 3.93. The zero-order valence-electron chi connectivity index (χ0n) is 15.9. The average molecular weight is 430 g/mol. The molecule has 0 spiro atoms. The lowest BCUT2D eigenvalue weighted by molar-refractivity contribution is -0.116. The molecule has 0 aliphatic carbocycles. The van der Waals surface area contributed by atoms with Crippen LogP contribution in [-0.2, 0) is 4.79 Å². The van der Waals surface area contributed by atoms with Gasteiger partial charge in [0.25, 0.3) is 11.8 Å². The summed E-state index contributed by atoms with van der Waals surface area (Å²) >= 11 is 7.53. The molecule has 150 valence electrons. The molecule has 0 atom stereocenters. The molecule has 2 aromatic carbocycles. The van der Waals surface area contributed by atoms with Crippen molar-refractivity contribution < 1.29 is 14.4 Å². The van der Waals surface area contributed by atoms with Crippen LogP contribution in [0.5, 0.6) is 0 Å². The monoisotopic (exact) mass is 429 g/mol. The number of anilines is 1. The highest BCUT2D eigenvalue weighted by molar-refractivity contribution is 7.21. The minimum absolute atomic E-state index is 0.0790. The van der Waals surface area contributed by atoms with E-state index in [0.29, 0.717) is 27.6 Å². The molecule has 3 amide bonds. The van der Waals surface area contributed by atoms with E-state index in [4.69, 9.17) is 11.6 Å². The first-order chi connectivity index (χ1) is 13.8. The second-order valence-electron chi connectivity index (χ2n) is 6.87. The fraction of sp³-hybridized carbons (Fsp3) is 0.190. The number of hydrazine groups is 1. The summed E-state index contributed by atoms with van der Waals surface area (Å²) in [5.74, 6) is -0.777. The molecule has 0 bridgehead atoms. The maximum absolute atomic E-state index is 12.4. The number of fused-ring (bicyclic) bond motifs is 1. The lowest BCUT2D eigenvalue weighted by Crippen LogP contribution is -2.41. The number of carbonyl (C=O) groups is 3. The van der Waals surface area contributed by atoms with E-state index in [9.17, 15) is 14.4 Å². The van der Waals surface area contributed by atoms with E-state index in [0.717, 1.165) is 10.1 Å². The van der Waals surface area contributed by atoms with Crippen LogP contribution in [0.25, 0.3) is 10.1 Å². The summed E-state index contributed by atoms with van der Waals surface area (Å²) in [4.78, 5) is 36.8. The number of nitrogens with one attached hydrogen (secondary N) is 3. The van der Waals surface area contributed by atoms with Crippen LogP contribution in [0.1, 0.15) is 40.3 Å². The minimum Gasteiger partial charge on any atom is -0.326 e. The largest absolute Gasteiger partial charge is 0.326 e. The van der Waals surface area contributed by atoms with Crippen LogP contribution in [0.3, 0.4) is 0 Å². The number of carbonyl (C=O) groups excluding carboxylic acids is 3. The second-order valence-corrected chi connectivity index (χ2v) is 8.30. The Kier molecular flexibility index (Phi) is 6.51. The van der Waals surface area contributed by atoms with Gasteiger partial charge in [-0.1, -0.05) is 43.6 Å². The van der Waals surface area contributed by atoms with Crippen molar-refractivity contribution in [2.24, 2.45) is 5.92 Å². The maximum Gasteiger partial charge on any atom is 0.281 e. The quantitative estimate of drug-likeness (QED) is 0.517. The van der Waals surface area contributed by atoms with Gasteiger partial charge in [-0.15, -0.1) is 11.3 Å². The summed E-state index contributed by atoms with van der Waals surface area (Å²) in [5.41, 5.74) is 5.71. The highest BCUT2D eigenvalue weighted by Crippen LogP contribution is 2.34. The van der Waals surface area contributed by atoms with Crippen molar-refractivity contribution in [1.82, 2.24) is 10.9 Å². The maximum atomic E-state index is 12.4. The first kappa shape index (κ1) is 20.8. The normalized spacial score (nSPS) is 10.8. The SMILES string of the molecule is CC(C)CC(=O)Nc1ccc(C(=O)NNC(=O)c2sc3ccccc3c2Cl)cc1. The smallest absolute Gasteiger partial charge is 0.281 e. The van der Waals surface area contributed by atoms with E-state index in [1.54, 1.807) is 24.3 Å². The molecule has 6 nitrogen and oxygen atoms in total. The number of hydrogen-bond donors (Lipinski definition) is 3. The minimum atomic E-state index is -0.484. The Morgan fingerprint density at radius 3 is 2.28 bits per heavy atom. The zero-order valence-corrected chi connectivity index (χ0v) is 17.5. The van der Waals surface area contributed by atoms with Gasteiger partial charge in [0.2, 0.25) is 5.91 Å². The van der Waals surface area contributed by atoms with E-state index in [1.165, 1.54) is 11.3 Å². The first-order valence-corrected chi connectivity index (χ1v) is 10.2. The van der Waals surface area contributed by atoms with Crippen LogP contribution in [0.15, 0.2) is 48.5 Å². The lowest BCUT2D eigenvalue weighted by Gasteiger charge is -2.09. The van der Waals surface area contributed by atoms with Crippen molar-refractivity contribution in [3.8, 4) is 0 Å². The third kappa shape index (κ3) is 5.13. The van der Waals surface area contributed by atoms with Crippen molar-refractivity contribution >= 4 is 56.4 Å². The predicted molar refractivity (Wildman–Crippen MR) is 116 cm³/mol. The van der Waals surface area contributed by atoms with E-state index in [-0.39, 0.29) is 11.8 Å². The molecular weight excluding hydrogens is 410 g/mol. The summed E-state index contributed by atoms with van der Waals surface area (Å²) in [6, 6.07) is 13.8. The number of benzene rings is 2. The Balaban J connectivity index is 1.59. The number of thiophene rings is 1. The van der Waals surface area contributed by atoms with Gasteiger partial charge in [0.05, 0.1) is 5.02 Å². The average Bonchev–Trinajstić information content (AvgIpc) is 3.03. The van der Waals surface area contributed by atoms with Crippen LogP contribution < -0.4 is 16.2 Å². The van der Waals surface area contributed by atoms with Crippen LogP contribution in [0, 0.1) is 5.92 Å². The molecule has 0 unspecified atom stereocenters. The van der Waals surface area contributed by atoms with Crippen molar-refractivity contribution in [3.63, 3.8) is 0 Å². The third-order valence-corrected chi connectivity index (χ3v) is 5.73. The fourth-order valence-corrected chi connectivity index (χ4v) is 4.10. The Hall–Kier alpha value is -2.90. The Bertz CT molecular complexity index is 1060. The highest BCUT2D eigenvalue weighted by Gasteiger charge is 2.17. The Morgan fingerprint density at radius 1 is 0.966 bits per heavy atom.